The van der Waals surface area contributed by atoms with E-state index in [4.69, 9.17) is 9.72 Å². The number of benzene rings is 2. The lowest BCUT2D eigenvalue weighted by atomic mass is 10.0. The first-order valence-electron chi connectivity index (χ1n) is 10.2. The quantitative estimate of drug-likeness (QED) is 0.711. The van der Waals surface area contributed by atoms with Crippen LogP contribution in [-0.2, 0) is 16.0 Å². The number of amides is 2. The van der Waals surface area contributed by atoms with Crippen LogP contribution in [-0.4, -0.2) is 48.4 Å². The van der Waals surface area contributed by atoms with Crippen LogP contribution in [0.3, 0.4) is 0 Å². The van der Waals surface area contributed by atoms with Crippen LogP contribution in [0.1, 0.15) is 34.1 Å². The maximum atomic E-state index is 12.8. The van der Waals surface area contributed by atoms with Crippen LogP contribution in [0.4, 0.5) is 0 Å². The zero-order chi connectivity index (χ0) is 20.9. The highest BCUT2D eigenvalue weighted by Gasteiger charge is 2.27. The zero-order valence-electron chi connectivity index (χ0n) is 17.0. The number of aromatic nitrogens is 1. The van der Waals surface area contributed by atoms with E-state index in [1.165, 1.54) is 0 Å². The SMILES string of the molecule is CNC(=O)c1cc([C@H]2CN(C(=O)CCc3ccccc3)CCO2)nc2ccccc12. The van der Waals surface area contributed by atoms with Crippen molar-refractivity contribution < 1.29 is 14.3 Å². The Labute approximate surface area is 175 Å². The molecule has 1 aliphatic rings. The number of nitrogens with one attached hydrogen (secondary N) is 1. The van der Waals surface area contributed by atoms with Gasteiger partial charge in [-0.05, 0) is 24.1 Å². The van der Waals surface area contributed by atoms with E-state index in [2.05, 4.69) is 5.32 Å². The molecule has 1 atom stereocenters. The summed E-state index contributed by atoms with van der Waals surface area (Å²) >= 11 is 0. The number of morpholine rings is 1. The topological polar surface area (TPSA) is 71.5 Å². The molecule has 1 fully saturated rings. The molecule has 1 aromatic heterocycles. The monoisotopic (exact) mass is 403 g/mol. The molecule has 30 heavy (non-hydrogen) atoms. The van der Waals surface area contributed by atoms with Crippen LogP contribution in [0.2, 0.25) is 0 Å². The molecule has 1 saturated heterocycles. The number of fused-ring (bicyclic) bond motifs is 1. The normalized spacial score (nSPS) is 16.4. The maximum Gasteiger partial charge on any atom is 0.251 e. The molecule has 0 aliphatic carbocycles. The maximum absolute atomic E-state index is 12.8. The third-order valence-corrected chi connectivity index (χ3v) is 5.43. The molecule has 0 spiro atoms. The second-order valence-corrected chi connectivity index (χ2v) is 7.38. The van der Waals surface area contributed by atoms with Gasteiger partial charge in [-0.2, -0.15) is 0 Å². The molecule has 3 aromatic rings. The van der Waals surface area contributed by atoms with E-state index in [0.29, 0.717) is 37.4 Å². The van der Waals surface area contributed by atoms with E-state index in [1.54, 1.807) is 13.1 Å². The minimum absolute atomic E-state index is 0.111. The van der Waals surface area contributed by atoms with Gasteiger partial charge in [0.15, 0.2) is 0 Å². The number of aryl methyl sites for hydroxylation is 1. The lowest BCUT2D eigenvalue weighted by Gasteiger charge is -2.33. The zero-order valence-corrected chi connectivity index (χ0v) is 17.0. The Balaban J connectivity index is 1.52. The summed E-state index contributed by atoms with van der Waals surface area (Å²) in [4.78, 5) is 31.7. The molecule has 4 rings (SSSR count). The van der Waals surface area contributed by atoms with Crippen molar-refractivity contribution in [1.82, 2.24) is 15.2 Å². The Morgan fingerprint density at radius 3 is 2.70 bits per heavy atom. The van der Waals surface area contributed by atoms with Crippen molar-refractivity contribution >= 4 is 22.7 Å². The lowest BCUT2D eigenvalue weighted by molar-refractivity contribution is -0.139. The highest BCUT2D eigenvalue weighted by atomic mass is 16.5. The Kier molecular flexibility index (Phi) is 6.05. The standard InChI is InChI=1S/C24H25N3O3/c1-25-24(29)19-15-21(26-20-10-6-5-9-18(19)20)22-16-27(13-14-30-22)23(28)12-11-17-7-3-2-4-8-17/h2-10,15,22H,11-14,16H2,1H3,(H,25,29)/t22-/m1/s1. The summed E-state index contributed by atoms with van der Waals surface area (Å²) in [5, 5.41) is 3.49. The van der Waals surface area contributed by atoms with E-state index < -0.39 is 0 Å². The van der Waals surface area contributed by atoms with Crippen LogP contribution in [0.5, 0.6) is 0 Å². The molecule has 1 aliphatic heterocycles. The van der Waals surface area contributed by atoms with Crippen molar-refractivity contribution in [1.29, 1.82) is 0 Å². The second-order valence-electron chi connectivity index (χ2n) is 7.38. The molecule has 2 amide bonds. The molecule has 2 aromatic carbocycles. The Bertz CT molecular complexity index is 1050. The number of hydrogen-bond donors (Lipinski definition) is 1. The molecule has 0 saturated carbocycles. The van der Waals surface area contributed by atoms with Gasteiger partial charge in [0.2, 0.25) is 5.91 Å². The summed E-state index contributed by atoms with van der Waals surface area (Å²) in [6.45, 7) is 1.46. The molecule has 6 nitrogen and oxygen atoms in total. The Morgan fingerprint density at radius 1 is 1.13 bits per heavy atom. The van der Waals surface area contributed by atoms with E-state index in [1.807, 2.05) is 59.5 Å². The summed E-state index contributed by atoms with van der Waals surface area (Å²) in [7, 11) is 1.61. The van der Waals surface area contributed by atoms with Crippen molar-refractivity contribution in [3.05, 3.63) is 77.5 Å². The highest BCUT2D eigenvalue weighted by molar-refractivity contribution is 6.06. The van der Waals surface area contributed by atoms with Gasteiger partial charge in [-0.25, -0.2) is 4.98 Å². The fourth-order valence-corrected chi connectivity index (χ4v) is 3.79. The smallest absolute Gasteiger partial charge is 0.251 e. The molecule has 6 heteroatoms. The Hall–Kier alpha value is -3.25. The van der Waals surface area contributed by atoms with E-state index >= 15 is 0 Å². The highest BCUT2D eigenvalue weighted by Crippen LogP contribution is 2.26. The van der Waals surface area contributed by atoms with Gasteiger partial charge in [-0.3, -0.25) is 9.59 Å². The first kappa shape index (κ1) is 20.0. The van der Waals surface area contributed by atoms with Gasteiger partial charge in [-0.1, -0.05) is 48.5 Å². The van der Waals surface area contributed by atoms with Crippen LogP contribution in [0, 0.1) is 0 Å². The van der Waals surface area contributed by atoms with Crippen LogP contribution >= 0.6 is 0 Å². The van der Waals surface area contributed by atoms with Crippen molar-refractivity contribution in [3.63, 3.8) is 0 Å². The van der Waals surface area contributed by atoms with E-state index in [0.717, 1.165) is 22.9 Å². The van der Waals surface area contributed by atoms with Crippen molar-refractivity contribution in [2.75, 3.05) is 26.7 Å². The Morgan fingerprint density at radius 2 is 1.90 bits per heavy atom. The number of para-hydroxylation sites is 1. The molecule has 0 unspecified atom stereocenters. The fourth-order valence-electron chi connectivity index (χ4n) is 3.79. The van der Waals surface area contributed by atoms with E-state index in [9.17, 15) is 9.59 Å². The summed E-state index contributed by atoms with van der Waals surface area (Å²) < 4.78 is 5.94. The third-order valence-electron chi connectivity index (χ3n) is 5.43. The molecule has 0 bridgehead atoms. The largest absolute Gasteiger partial charge is 0.368 e. The van der Waals surface area contributed by atoms with Gasteiger partial charge < -0.3 is 15.0 Å². The van der Waals surface area contributed by atoms with E-state index in [-0.39, 0.29) is 17.9 Å². The van der Waals surface area contributed by atoms with Crippen molar-refractivity contribution in [2.45, 2.75) is 18.9 Å². The van der Waals surface area contributed by atoms with Crippen molar-refractivity contribution in [3.8, 4) is 0 Å². The fraction of sp³-hybridized carbons (Fsp3) is 0.292. The van der Waals surface area contributed by atoms with Crippen LogP contribution in [0.15, 0.2) is 60.7 Å². The predicted molar refractivity (Wildman–Crippen MR) is 115 cm³/mol. The lowest BCUT2D eigenvalue weighted by Crippen LogP contribution is -2.42. The first-order chi connectivity index (χ1) is 14.7. The van der Waals surface area contributed by atoms with Gasteiger partial charge in [-0.15, -0.1) is 0 Å². The van der Waals surface area contributed by atoms with Gasteiger partial charge >= 0.3 is 0 Å². The van der Waals surface area contributed by atoms with Gasteiger partial charge in [0.25, 0.3) is 5.91 Å². The average Bonchev–Trinajstić information content (AvgIpc) is 2.82. The number of carbonyl (C=O) groups excluding carboxylic acids is 2. The summed E-state index contributed by atoms with van der Waals surface area (Å²) in [6, 6.07) is 19.4. The molecular weight excluding hydrogens is 378 g/mol. The number of ether oxygens (including phenoxy) is 1. The molecule has 1 N–H and O–H groups in total. The summed E-state index contributed by atoms with van der Waals surface area (Å²) in [5.41, 5.74) is 3.13. The van der Waals surface area contributed by atoms with Crippen molar-refractivity contribution in [2.24, 2.45) is 0 Å². The first-order valence-corrected chi connectivity index (χ1v) is 10.2. The minimum Gasteiger partial charge on any atom is -0.368 e. The second kappa shape index (κ2) is 9.05. The number of rotatable bonds is 5. The molecular formula is C24H25N3O3. The third kappa shape index (κ3) is 4.33. The number of nitrogens with zero attached hydrogens (tertiary/aromatic N) is 2. The minimum atomic E-state index is -0.354. The van der Waals surface area contributed by atoms with Gasteiger partial charge in [0, 0.05) is 25.4 Å². The summed E-state index contributed by atoms with van der Waals surface area (Å²) in [6.07, 6.45) is 0.828. The number of hydrogen-bond acceptors (Lipinski definition) is 4. The number of carbonyl (C=O) groups is 2. The van der Waals surface area contributed by atoms with Crippen LogP contribution < -0.4 is 5.32 Å². The van der Waals surface area contributed by atoms with Crippen LogP contribution in [0.25, 0.3) is 10.9 Å². The molecule has 0 radical (unpaired) electrons. The van der Waals surface area contributed by atoms with Gasteiger partial charge in [0.05, 0.1) is 29.9 Å². The number of pyridine rings is 1. The molecule has 154 valence electrons. The summed E-state index contributed by atoms with van der Waals surface area (Å²) in [5.74, 6) is -0.0547. The van der Waals surface area contributed by atoms with Gasteiger partial charge in [0.1, 0.15) is 6.10 Å². The molecule has 2 heterocycles. The predicted octanol–water partition coefficient (Wildman–Crippen LogP) is 3.13. The average molecular weight is 403 g/mol.